The van der Waals surface area contributed by atoms with Crippen LogP contribution in [0.25, 0.3) is 0 Å². The fraction of sp³-hybridized carbons (Fsp3) is 0.222. The topological polar surface area (TPSA) is 98.3 Å². The van der Waals surface area contributed by atoms with Gasteiger partial charge in [0.15, 0.2) is 0 Å². The van der Waals surface area contributed by atoms with Crippen LogP contribution in [0.1, 0.15) is 6.92 Å². The van der Waals surface area contributed by atoms with E-state index in [2.05, 4.69) is 21.2 Å². The number of benzene rings is 1. The number of hydrogen-bond acceptors (Lipinski definition) is 4. The van der Waals surface area contributed by atoms with E-state index in [4.69, 9.17) is 5.73 Å². The quantitative estimate of drug-likeness (QED) is 0.652. The monoisotopic (exact) mass is 287 g/mol. The SMILES string of the molecule is CC(N)C(=O)Nc1ccc(Br)c([N+](=O)[O-])c1. The summed E-state index contributed by atoms with van der Waals surface area (Å²) in [5, 5.41) is 13.1. The summed E-state index contributed by atoms with van der Waals surface area (Å²) in [5.41, 5.74) is 5.59. The van der Waals surface area contributed by atoms with Crippen molar-refractivity contribution in [2.24, 2.45) is 5.73 Å². The molecule has 7 heteroatoms. The number of halogens is 1. The zero-order chi connectivity index (χ0) is 12.3. The Morgan fingerprint density at radius 1 is 1.62 bits per heavy atom. The minimum Gasteiger partial charge on any atom is -0.324 e. The smallest absolute Gasteiger partial charge is 0.285 e. The number of carbonyl (C=O) groups is 1. The first-order chi connectivity index (χ1) is 7.41. The molecule has 0 saturated carbocycles. The number of carbonyl (C=O) groups excluding carboxylic acids is 1. The van der Waals surface area contributed by atoms with E-state index in [1.807, 2.05) is 0 Å². The third kappa shape index (κ3) is 3.01. The zero-order valence-corrected chi connectivity index (χ0v) is 10.0. The molecule has 0 heterocycles. The largest absolute Gasteiger partial charge is 0.324 e. The first kappa shape index (κ1) is 12.6. The second-order valence-electron chi connectivity index (χ2n) is 3.20. The molecule has 16 heavy (non-hydrogen) atoms. The molecule has 1 unspecified atom stereocenters. The van der Waals surface area contributed by atoms with Crippen LogP contribution in [0, 0.1) is 10.1 Å². The molecule has 1 amide bonds. The Balaban J connectivity index is 2.95. The highest BCUT2D eigenvalue weighted by Crippen LogP contribution is 2.27. The summed E-state index contributed by atoms with van der Waals surface area (Å²) < 4.78 is 0.358. The van der Waals surface area contributed by atoms with Gasteiger partial charge in [0.2, 0.25) is 5.91 Å². The van der Waals surface area contributed by atoms with Crippen LogP contribution >= 0.6 is 15.9 Å². The van der Waals surface area contributed by atoms with Crippen molar-refractivity contribution < 1.29 is 9.72 Å². The van der Waals surface area contributed by atoms with Gasteiger partial charge in [-0.3, -0.25) is 14.9 Å². The fourth-order valence-corrected chi connectivity index (χ4v) is 1.38. The molecule has 0 aliphatic rings. The van der Waals surface area contributed by atoms with Gasteiger partial charge in [-0.05, 0) is 35.0 Å². The van der Waals surface area contributed by atoms with Gasteiger partial charge in [0.25, 0.3) is 5.69 Å². The highest BCUT2D eigenvalue weighted by molar-refractivity contribution is 9.10. The minimum absolute atomic E-state index is 0.109. The van der Waals surface area contributed by atoms with Gasteiger partial charge in [0.05, 0.1) is 15.4 Å². The number of nitrogens with two attached hydrogens (primary N) is 1. The number of nitro groups is 1. The minimum atomic E-state index is -0.664. The molecule has 0 bridgehead atoms. The predicted octanol–water partition coefficient (Wildman–Crippen LogP) is 1.64. The van der Waals surface area contributed by atoms with Gasteiger partial charge >= 0.3 is 0 Å². The van der Waals surface area contributed by atoms with Crippen molar-refractivity contribution in [1.82, 2.24) is 0 Å². The van der Waals surface area contributed by atoms with Crippen molar-refractivity contribution in [3.05, 3.63) is 32.8 Å². The fourth-order valence-electron chi connectivity index (χ4n) is 0.986. The van der Waals surface area contributed by atoms with Gasteiger partial charge in [-0.2, -0.15) is 0 Å². The molecule has 1 rings (SSSR count). The maximum atomic E-state index is 11.3. The zero-order valence-electron chi connectivity index (χ0n) is 8.44. The van der Waals surface area contributed by atoms with Crippen LogP contribution in [0.4, 0.5) is 11.4 Å². The van der Waals surface area contributed by atoms with Crippen molar-refractivity contribution in [3.63, 3.8) is 0 Å². The van der Waals surface area contributed by atoms with Gasteiger partial charge in [0, 0.05) is 11.8 Å². The molecule has 1 atom stereocenters. The molecule has 0 aliphatic carbocycles. The van der Waals surface area contributed by atoms with Gasteiger partial charge in [-0.15, -0.1) is 0 Å². The number of nitrogens with one attached hydrogen (secondary N) is 1. The van der Waals surface area contributed by atoms with Crippen molar-refractivity contribution in [2.45, 2.75) is 13.0 Å². The normalized spacial score (nSPS) is 11.9. The van der Waals surface area contributed by atoms with E-state index in [-0.39, 0.29) is 5.69 Å². The van der Waals surface area contributed by atoms with Crippen LogP contribution in [0.3, 0.4) is 0 Å². The van der Waals surface area contributed by atoms with Crippen molar-refractivity contribution in [3.8, 4) is 0 Å². The molecule has 1 aromatic rings. The summed E-state index contributed by atoms with van der Waals surface area (Å²) in [4.78, 5) is 21.4. The van der Waals surface area contributed by atoms with Crippen molar-refractivity contribution in [1.29, 1.82) is 0 Å². The lowest BCUT2D eigenvalue weighted by atomic mass is 10.2. The number of nitro benzene ring substituents is 1. The van der Waals surface area contributed by atoms with E-state index in [1.54, 1.807) is 6.07 Å². The van der Waals surface area contributed by atoms with Crippen LogP contribution in [0.5, 0.6) is 0 Å². The lowest BCUT2D eigenvalue weighted by Gasteiger charge is -2.07. The lowest BCUT2D eigenvalue weighted by molar-refractivity contribution is -0.385. The van der Waals surface area contributed by atoms with Gasteiger partial charge in [-0.1, -0.05) is 0 Å². The first-order valence-corrected chi connectivity index (χ1v) is 5.21. The number of amides is 1. The summed E-state index contributed by atoms with van der Waals surface area (Å²) in [6.45, 7) is 1.53. The Labute approximate surface area is 100 Å². The van der Waals surface area contributed by atoms with E-state index in [9.17, 15) is 14.9 Å². The number of anilines is 1. The second-order valence-corrected chi connectivity index (χ2v) is 4.06. The molecular formula is C9H10BrN3O3. The molecule has 0 saturated heterocycles. The average Bonchev–Trinajstić information content (AvgIpc) is 2.20. The molecule has 0 fully saturated rings. The van der Waals surface area contributed by atoms with Crippen LogP contribution in [-0.4, -0.2) is 16.9 Å². The van der Waals surface area contributed by atoms with Crippen molar-refractivity contribution in [2.75, 3.05) is 5.32 Å². The highest BCUT2D eigenvalue weighted by Gasteiger charge is 2.14. The summed E-state index contributed by atoms with van der Waals surface area (Å²) in [6, 6.07) is 3.65. The molecule has 0 radical (unpaired) electrons. The molecule has 6 nitrogen and oxygen atoms in total. The Morgan fingerprint density at radius 2 is 2.25 bits per heavy atom. The second kappa shape index (κ2) is 5.04. The summed E-state index contributed by atoms with van der Waals surface area (Å²) in [6.07, 6.45) is 0. The van der Waals surface area contributed by atoms with E-state index >= 15 is 0 Å². The molecule has 0 aromatic heterocycles. The molecule has 0 aliphatic heterocycles. The number of hydrogen-bond donors (Lipinski definition) is 2. The summed E-state index contributed by atoms with van der Waals surface area (Å²) >= 11 is 3.05. The summed E-state index contributed by atoms with van der Waals surface area (Å²) in [7, 11) is 0. The summed E-state index contributed by atoms with van der Waals surface area (Å²) in [5.74, 6) is -0.392. The van der Waals surface area contributed by atoms with Gasteiger partial charge < -0.3 is 11.1 Å². The van der Waals surface area contributed by atoms with Gasteiger partial charge in [0.1, 0.15) is 0 Å². The Kier molecular flexibility index (Phi) is 3.97. The maximum Gasteiger partial charge on any atom is 0.285 e. The highest BCUT2D eigenvalue weighted by atomic mass is 79.9. The Bertz CT molecular complexity index is 434. The maximum absolute atomic E-state index is 11.3. The van der Waals surface area contributed by atoms with Crippen molar-refractivity contribution >= 4 is 33.2 Å². The third-order valence-corrected chi connectivity index (χ3v) is 2.49. The molecule has 86 valence electrons. The Hall–Kier alpha value is -1.47. The molecular weight excluding hydrogens is 278 g/mol. The first-order valence-electron chi connectivity index (χ1n) is 4.42. The molecule has 3 N–H and O–H groups in total. The number of rotatable bonds is 3. The molecule has 0 spiro atoms. The number of nitrogens with zero attached hydrogens (tertiary/aromatic N) is 1. The average molecular weight is 288 g/mol. The third-order valence-electron chi connectivity index (χ3n) is 1.82. The van der Waals surface area contributed by atoms with E-state index in [0.29, 0.717) is 10.2 Å². The predicted molar refractivity (Wildman–Crippen MR) is 63.1 cm³/mol. The van der Waals surface area contributed by atoms with Crippen LogP contribution in [0.15, 0.2) is 22.7 Å². The standard InChI is InChI=1S/C9H10BrN3O3/c1-5(11)9(14)12-6-2-3-7(10)8(4-6)13(15)16/h2-5H,11H2,1H3,(H,12,14). The van der Waals surface area contributed by atoms with E-state index in [1.165, 1.54) is 19.1 Å². The lowest BCUT2D eigenvalue weighted by Crippen LogP contribution is -2.32. The Morgan fingerprint density at radius 3 is 2.75 bits per heavy atom. The van der Waals surface area contributed by atoms with Crippen LogP contribution in [-0.2, 0) is 4.79 Å². The van der Waals surface area contributed by atoms with Crippen LogP contribution < -0.4 is 11.1 Å². The van der Waals surface area contributed by atoms with E-state index in [0.717, 1.165) is 0 Å². The van der Waals surface area contributed by atoms with Crippen LogP contribution in [0.2, 0.25) is 0 Å². The molecule has 1 aromatic carbocycles. The van der Waals surface area contributed by atoms with E-state index < -0.39 is 16.9 Å². The van der Waals surface area contributed by atoms with Gasteiger partial charge in [-0.25, -0.2) is 0 Å².